The van der Waals surface area contributed by atoms with Gasteiger partial charge in [-0.25, -0.2) is 4.39 Å². The standard InChI is InChI=1S/C17H18FN3O/c1-12-8-10-20(2)15-5-3-4-6-16(15)21(12)17(22)13-7-9-19-11-14(13)18/h3-7,9,11-12H,8,10H2,1-2H3. The Morgan fingerprint density at radius 3 is 2.73 bits per heavy atom. The van der Waals surface area contributed by atoms with Gasteiger partial charge in [0.05, 0.1) is 23.1 Å². The summed E-state index contributed by atoms with van der Waals surface area (Å²) < 4.78 is 14.0. The number of hydrogen-bond donors (Lipinski definition) is 0. The van der Waals surface area contributed by atoms with E-state index in [1.165, 1.54) is 12.3 Å². The van der Waals surface area contributed by atoms with Gasteiger partial charge in [0.1, 0.15) is 0 Å². The molecule has 2 aromatic rings. The Morgan fingerprint density at radius 1 is 1.27 bits per heavy atom. The molecule has 0 bridgehead atoms. The highest BCUT2D eigenvalue weighted by Crippen LogP contribution is 2.34. The number of fused-ring (bicyclic) bond motifs is 1. The van der Waals surface area contributed by atoms with Crippen LogP contribution >= 0.6 is 0 Å². The summed E-state index contributed by atoms with van der Waals surface area (Å²) in [5, 5.41) is 0. The van der Waals surface area contributed by atoms with Gasteiger partial charge in [-0.2, -0.15) is 0 Å². The Bertz CT molecular complexity index is 704. The van der Waals surface area contributed by atoms with Crippen LogP contribution in [0.4, 0.5) is 15.8 Å². The summed E-state index contributed by atoms with van der Waals surface area (Å²) in [6, 6.07) is 9.16. The molecule has 1 unspecified atom stereocenters. The zero-order valence-electron chi connectivity index (χ0n) is 12.7. The van der Waals surface area contributed by atoms with Gasteiger partial charge in [0.25, 0.3) is 5.91 Å². The first-order valence-corrected chi connectivity index (χ1v) is 7.33. The van der Waals surface area contributed by atoms with Crippen LogP contribution in [0.1, 0.15) is 23.7 Å². The third-order valence-electron chi connectivity index (χ3n) is 4.10. The Kier molecular flexibility index (Phi) is 3.79. The summed E-state index contributed by atoms with van der Waals surface area (Å²) in [6.45, 7) is 2.84. The molecular formula is C17H18FN3O. The first-order chi connectivity index (χ1) is 10.6. The van der Waals surface area contributed by atoms with Crippen molar-refractivity contribution >= 4 is 17.3 Å². The second-order valence-corrected chi connectivity index (χ2v) is 5.58. The number of anilines is 2. The highest BCUT2D eigenvalue weighted by molar-refractivity contribution is 6.08. The summed E-state index contributed by atoms with van der Waals surface area (Å²) in [5.41, 5.74) is 1.85. The van der Waals surface area contributed by atoms with Crippen LogP contribution < -0.4 is 9.80 Å². The van der Waals surface area contributed by atoms with Crippen LogP contribution in [0, 0.1) is 5.82 Å². The molecule has 22 heavy (non-hydrogen) atoms. The number of amides is 1. The van der Waals surface area contributed by atoms with Crippen molar-refractivity contribution in [1.82, 2.24) is 4.98 Å². The molecule has 0 saturated heterocycles. The largest absolute Gasteiger partial charge is 0.373 e. The van der Waals surface area contributed by atoms with Crippen molar-refractivity contribution in [2.24, 2.45) is 0 Å². The van der Waals surface area contributed by atoms with E-state index < -0.39 is 5.82 Å². The van der Waals surface area contributed by atoms with Gasteiger partial charge >= 0.3 is 0 Å². The van der Waals surface area contributed by atoms with Gasteiger partial charge in [0, 0.05) is 25.8 Å². The Labute approximate surface area is 129 Å². The van der Waals surface area contributed by atoms with Crippen LogP contribution in [0.5, 0.6) is 0 Å². The highest BCUT2D eigenvalue weighted by Gasteiger charge is 2.30. The molecule has 0 fully saturated rings. The lowest BCUT2D eigenvalue weighted by molar-refractivity contribution is 0.0974. The molecule has 1 atom stereocenters. The molecule has 1 aromatic heterocycles. The minimum Gasteiger partial charge on any atom is -0.373 e. The van der Waals surface area contributed by atoms with E-state index in [1.54, 1.807) is 4.90 Å². The fourth-order valence-corrected chi connectivity index (χ4v) is 2.85. The quantitative estimate of drug-likeness (QED) is 0.812. The Hall–Kier alpha value is -2.43. The molecule has 0 N–H and O–H groups in total. The van der Waals surface area contributed by atoms with E-state index in [0.29, 0.717) is 0 Å². The van der Waals surface area contributed by atoms with Crippen LogP contribution in [0.2, 0.25) is 0 Å². The molecular weight excluding hydrogens is 281 g/mol. The van der Waals surface area contributed by atoms with E-state index in [0.717, 1.165) is 30.5 Å². The molecule has 1 aliphatic heterocycles. The monoisotopic (exact) mass is 299 g/mol. The number of hydrogen-bond acceptors (Lipinski definition) is 3. The Morgan fingerprint density at radius 2 is 2.00 bits per heavy atom. The number of carbonyl (C=O) groups excluding carboxylic acids is 1. The van der Waals surface area contributed by atoms with Crippen molar-refractivity contribution in [3.05, 3.63) is 54.1 Å². The molecule has 0 radical (unpaired) electrons. The lowest BCUT2D eigenvalue weighted by Gasteiger charge is -2.28. The second-order valence-electron chi connectivity index (χ2n) is 5.58. The van der Waals surface area contributed by atoms with Crippen molar-refractivity contribution in [3.8, 4) is 0 Å². The molecule has 1 aliphatic rings. The SMILES string of the molecule is CC1CCN(C)c2ccccc2N1C(=O)c1ccncc1F. The molecule has 2 heterocycles. The smallest absolute Gasteiger partial charge is 0.261 e. The summed E-state index contributed by atoms with van der Waals surface area (Å²) in [4.78, 5) is 20.4. The van der Waals surface area contributed by atoms with Crippen LogP contribution in [-0.2, 0) is 0 Å². The zero-order chi connectivity index (χ0) is 15.7. The summed E-state index contributed by atoms with van der Waals surface area (Å²) in [6.07, 6.45) is 3.34. The maximum absolute atomic E-state index is 14.0. The van der Waals surface area contributed by atoms with Crippen LogP contribution in [0.15, 0.2) is 42.7 Å². The van der Waals surface area contributed by atoms with Crippen molar-refractivity contribution in [3.63, 3.8) is 0 Å². The fourth-order valence-electron chi connectivity index (χ4n) is 2.85. The minimum atomic E-state index is -0.588. The first-order valence-electron chi connectivity index (χ1n) is 7.33. The van der Waals surface area contributed by atoms with E-state index >= 15 is 0 Å². The number of rotatable bonds is 1. The average Bonchev–Trinajstić information content (AvgIpc) is 2.65. The molecule has 114 valence electrons. The number of pyridine rings is 1. The van der Waals surface area contributed by atoms with Crippen molar-refractivity contribution in [2.45, 2.75) is 19.4 Å². The van der Waals surface area contributed by atoms with Gasteiger partial charge in [0.2, 0.25) is 0 Å². The lowest BCUT2D eigenvalue weighted by atomic mass is 10.1. The van der Waals surface area contributed by atoms with Crippen LogP contribution in [-0.4, -0.2) is 30.5 Å². The summed E-state index contributed by atoms with van der Waals surface area (Å²) in [7, 11) is 2.01. The molecule has 5 heteroatoms. The van der Waals surface area contributed by atoms with E-state index in [9.17, 15) is 9.18 Å². The third-order valence-corrected chi connectivity index (χ3v) is 4.10. The molecule has 4 nitrogen and oxygen atoms in total. The third kappa shape index (κ3) is 2.43. The molecule has 1 amide bonds. The van der Waals surface area contributed by atoms with Gasteiger partial charge in [-0.15, -0.1) is 0 Å². The predicted octanol–water partition coefficient (Wildman–Crippen LogP) is 3.10. The molecule has 0 aliphatic carbocycles. The van der Waals surface area contributed by atoms with Crippen molar-refractivity contribution < 1.29 is 9.18 Å². The maximum atomic E-state index is 14.0. The highest BCUT2D eigenvalue weighted by atomic mass is 19.1. The molecule has 3 rings (SSSR count). The van der Waals surface area contributed by atoms with E-state index in [2.05, 4.69) is 9.88 Å². The van der Waals surface area contributed by atoms with E-state index in [4.69, 9.17) is 0 Å². The molecule has 0 spiro atoms. The van der Waals surface area contributed by atoms with E-state index in [1.807, 2.05) is 38.2 Å². The van der Waals surface area contributed by atoms with Gasteiger partial charge in [-0.1, -0.05) is 12.1 Å². The number of benzene rings is 1. The molecule has 1 aromatic carbocycles. The Balaban J connectivity index is 2.10. The normalized spacial score (nSPS) is 17.9. The summed E-state index contributed by atoms with van der Waals surface area (Å²) >= 11 is 0. The van der Waals surface area contributed by atoms with Crippen LogP contribution in [0.3, 0.4) is 0 Å². The number of para-hydroxylation sites is 2. The lowest BCUT2D eigenvalue weighted by Crippen LogP contribution is -2.39. The van der Waals surface area contributed by atoms with Gasteiger partial charge in [-0.05, 0) is 31.5 Å². The van der Waals surface area contributed by atoms with Gasteiger partial charge in [0.15, 0.2) is 5.82 Å². The van der Waals surface area contributed by atoms with Gasteiger partial charge < -0.3 is 9.80 Å². The minimum absolute atomic E-state index is 0.00818. The molecule has 0 saturated carbocycles. The second kappa shape index (κ2) is 5.75. The van der Waals surface area contributed by atoms with Gasteiger partial charge in [-0.3, -0.25) is 9.78 Å². The number of aromatic nitrogens is 1. The summed E-state index contributed by atoms with van der Waals surface area (Å²) in [5.74, 6) is -0.912. The zero-order valence-corrected chi connectivity index (χ0v) is 12.7. The number of carbonyl (C=O) groups is 1. The van der Waals surface area contributed by atoms with Crippen molar-refractivity contribution in [1.29, 1.82) is 0 Å². The van der Waals surface area contributed by atoms with E-state index in [-0.39, 0.29) is 17.5 Å². The predicted molar refractivity (Wildman–Crippen MR) is 84.8 cm³/mol. The van der Waals surface area contributed by atoms with Crippen LogP contribution in [0.25, 0.3) is 0 Å². The van der Waals surface area contributed by atoms with Crippen molar-refractivity contribution in [2.75, 3.05) is 23.4 Å². The number of nitrogens with zero attached hydrogens (tertiary/aromatic N) is 3. The topological polar surface area (TPSA) is 36.4 Å². The first kappa shape index (κ1) is 14.5. The average molecular weight is 299 g/mol. The number of halogens is 1. The maximum Gasteiger partial charge on any atom is 0.261 e. The fraction of sp³-hybridized carbons (Fsp3) is 0.294.